The van der Waals surface area contributed by atoms with Crippen LogP contribution in [0.25, 0.3) is 0 Å². The van der Waals surface area contributed by atoms with Crippen LogP contribution < -0.4 is 17.6 Å². The quantitative estimate of drug-likeness (QED) is 0.561. The van der Waals surface area contributed by atoms with Crippen LogP contribution in [0.5, 0.6) is 0 Å². The minimum Gasteiger partial charge on any atom is -0.383 e. The van der Waals surface area contributed by atoms with E-state index in [9.17, 15) is 9.36 Å². The third-order valence-corrected chi connectivity index (χ3v) is 3.03. The lowest BCUT2D eigenvalue weighted by molar-refractivity contribution is -0.142. The molecule has 20 heavy (non-hydrogen) atoms. The molecule has 10 nitrogen and oxygen atoms in total. The molecule has 1 fully saturated rings. The van der Waals surface area contributed by atoms with Gasteiger partial charge in [-0.1, -0.05) is 0 Å². The molecule has 8 N–H and O–H groups in total. The summed E-state index contributed by atoms with van der Waals surface area (Å²) in [7, 11) is -4.23. The molecule has 0 aromatic carbocycles. The van der Waals surface area contributed by atoms with Crippen LogP contribution in [0.3, 0.4) is 0 Å². The fourth-order valence-corrected chi connectivity index (χ4v) is 2.10. The van der Waals surface area contributed by atoms with Gasteiger partial charge in [-0.3, -0.25) is 9.13 Å². The number of hydrogen-bond acceptors (Lipinski definition) is 6. The zero-order valence-corrected chi connectivity index (χ0v) is 11.8. The summed E-state index contributed by atoms with van der Waals surface area (Å²) < 4.78 is 22.2. The van der Waals surface area contributed by atoms with Crippen molar-refractivity contribution in [1.29, 1.82) is 0 Å². The van der Waals surface area contributed by atoms with E-state index in [-0.39, 0.29) is 12.0 Å². The van der Waals surface area contributed by atoms with E-state index in [1.165, 1.54) is 16.8 Å². The fraction of sp³-hybridized carbons (Fsp3) is 0.556. The summed E-state index contributed by atoms with van der Waals surface area (Å²) in [5.41, 5.74) is 4.83. The van der Waals surface area contributed by atoms with Crippen molar-refractivity contribution >= 4 is 13.4 Å². The molecule has 11 heteroatoms. The van der Waals surface area contributed by atoms with Gasteiger partial charge in [0, 0.05) is 12.6 Å². The Morgan fingerprint density at radius 3 is 2.85 bits per heavy atom. The first-order valence-corrected chi connectivity index (χ1v) is 7.31. The molecule has 0 radical (unpaired) electrons. The Labute approximate surface area is 114 Å². The summed E-state index contributed by atoms with van der Waals surface area (Å²) in [4.78, 5) is 32.5. The molecule has 1 aromatic heterocycles. The van der Waals surface area contributed by atoms with Crippen LogP contribution >= 0.6 is 7.60 Å². The van der Waals surface area contributed by atoms with Crippen molar-refractivity contribution in [2.75, 3.05) is 12.1 Å². The summed E-state index contributed by atoms with van der Waals surface area (Å²) in [6.45, 7) is 0. The van der Waals surface area contributed by atoms with Crippen molar-refractivity contribution < 1.29 is 23.8 Å². The normalized spacial score (nSPS) is 22.5. The first-order chi connectivity index (χ1) is 8.85. The molecule has 2 atom stereocenters. The lowest BCUT2D eigenvalue weighted by Crippen LogP contribution is -2.27. The van der Waals surface area contributed by atoms with Crippen molar-refractivity contribution in [3.8, 4) is 0 Å². The van der Waals surface area contributed by atoms with Gasteiger partial charge in [-0.15, -0.1) is 0 Å². The maximum absolute atomic E-state index is 11.6. The highest BCUT2D eigenvalue weighted by Gasteiger charge is 2.29. The van der Waals surface area contributed by atoms with Crippen LogP contribution in [0.2, 0.25) is 0 Å². The monoisotopic (exact) mass is 309 g/mol. The Balaban J connectivity index is 0.00000200. The van der Waals surface area contributed by atoms with Crippen LogP contribution in [-0.2, 0) is 14.0 Å². The van der Waals surface area contributed by atoms with E-state index in [0.29, 0.717) is 12.8 Å². The van der Waals surface area contributed by atoms with Gasteiger partial charge in [0.15, 0.2) is 12.6 Å². The second kappa shape index (κ2) is 6.44. The van der Waals surface area contributed by atoms with Gasteiger partial charge in [-0.2, -0.15) is 4.98 Å². The average Bonchev–Trinajstić information content (AvgIpc) is 2.74. The first kappa shape index (κ1) is 16.8. The highest BCUT2D eigenvalue weighted by molar-refractivity contribution is 7.51. The Morgan fingerprint density at radius 1 is 1.55 bits per heavy atom. The molecular formula is C9H18N4O6P+. The van der Waals surface area contributed by atoms with E-state index < -0.39 is 32.2 Å². The second-order valence-electron chi connectivity index (χ2n) is 4.10. The molecule has 1 saturated heterocycles. The zero-order valence-electron chi connectivity index (χ0n) is 10.9. The third-order valence-electron chi connectivity index (χ3n) is 2.55. The molecule has 1 aromatic rings. The predicted molar refractivity (Wildman–Crippen MR) is 70.0 cm³/mol. The number of nitrogen functional groups attached to an aromatic ring is 1. The van der Waals surface area contributed by atoms with Gasteiger partial charge < -0.3 is 31.1 Å². The highest BCUT2D eigenvalue weighted by Crippen LogP contribution is 2.36. The number of nitrogens with two attached hydrogens (primary N) is 1. The van der Waals surface area contributed by atoms with Gasteiger partial charge in [0.05, 0.1) is 0 Å². The van der Waals surface area contributed by atoms with Crippen LogP contribution in [0, 0.1) is 0 Å². The highest BCUT2D eigenvalue weighted by atomic mass is 31.2. The van der Waals surface area contributed by atoms with Crippen LogP contribution in [0.4, 0.5) is 5.82 Å². The molecule has 114 valence electrons. The minimum atomic E-state index is -4.23. The smallest absolute Gasteiger partial charge is 0.351 e. The maximum Gasteiger partial charge on any atom is 0.351 e. The van der Waals surface area contributed by atoms with Crippen LogP contribution in [-0.4, -0.2) is 32.0 Å². The molecule has 0 amide bonds. The van der Waals surface area contributed by atoms with E-state index in [1.807, 2.05) is 0 Å². The Morgan fingerprint density at radius 2 is 2.25 bits per heavy atom. The lowest BCUT2D eigenvalue weighted by Gasteiger charge is -2.16. The number of nitrogens with zero attached hydrogens (tertiary/aromatic N) is 2. The third kappa shape index (κ3) is 4.37. The standard InChI is InChI=1S/C9H14N3O6P.H3N/c10-6-3-4-12(9(13)11-6)7-1-2-8(18-7)17-5-19(14,15)16;/h3-4,7-8H,1-2,5H2,(H2,10,11,13)(H2,14,15,16);1H3/p+1. The molecule has 1 aliphatic rings. The summed E-state index contributed by atoms with van der Waals surface area (Å²) in [5, 5.41) is 0. The topological polar surface area (TPSA) is 173 Å². The molecule has 2 rings (SSSR count). The van der Waals surface area contributed by atoms with E-state index in [4.69, 9.17) is 25.0 Å². The summed E-state index contributed by atoms with van der Waals surface area (Å²) >= 11 is 0. The van der Waals surface area contributed by atoms with Gasteiger partial charge in [-0.25, -0.2) is 4.79 Å². The number of hydrogen-bond donors (Lipinski definition) is 4. The van der Waals surface area contributed by atoms with E-state index in [1.54, 1.807) is 0 Å². The number of aromatic nitrogens is 2. The fourth-order valence-electron chi connectivity index (χ4n) is 1.74. The minimum absolute atomic E-state index is 0. The average molecular weight is 309 g/mol. The molecular weight excluding hydrogens is 291 g/mol. The van der Waals surface area contributed by atoms with Crippen molar-refractivity contribution in [2.45, 2.75) is 25.4 Å². The number of ether oxygens (including phenoxy) is 2. The lowest BCUT2D eigenvalue weighted by atomic mass is 10.3. The molecule has 0 aliphatic carbocycles. The van der Waals surface area contributed by atoms with Crippen LogP contribution in [0.15, 0.2) is 17.1 Å². The Kier molecular flexibility index (Phi) is 5.40. The predicted octanol–water partition coefficient (Wildman–Crippen LogP) is -0.0114. The molecule has 0 bridgehead atoms. The Bertz CT molecular complexity index is 558. The van der Waals surface area contributed by atoms with E-state index >= 15 is 0 Å². The van der Waals surface area contributed by atoms with Gasteiger partial charge >= 0.3 is 13.3 Å². The molecule has 2 unspecified atom stereocenters. The maximum atomic E-state index is 11.6. The number of quaternary nitrogens is 1. The van der Waals surface area contributed by atoms with Crippen molar-refractivity contribution in [2.24, 2.45) is 0 Å². The van der Waals surface area contributed by atoms with Crippen molar-refractivity contribution in [1.82, 2.24) is 15.7 Å². The van der Waals surface area contributed by atoms with Crippen molar-refractivity contribution in [3.63, 3.8) is 0 Å². The largest absolute Gasteiger partial charge is 0.383 e. The summed E-state index contributed by atoms with van der Waals surface area (Å²) in [6, 6.07) is 1.47. The molecule has 1 aliphatic heterocycles. The van der Waals surface area contributed by atoms with Gasteiger partial charge in [0.25, 0.3) is 0 Å². The molecule has 0 spiro atoms. The molecule has 2 heterocycles. The summed E-state index contributed by atoms with van der Waals surface area (Å²) in [5.74, 6) is 0.119. The first-order valence-electron chi connectivity index (χ1n) is 5.51. The van der Waals surface area contributed by atoms with Crippen molar-refractivity contribution in [3.05, 3.63) is 22.7 Å². The second-order valence-corrected chi connectivity index (χ2v) is 5.69. The molecule has 0 saturated carbocycles. The van der Waals surface area contributed by atoms with Gasteiger partial charge in [0.1, 0.15) is 12.0 Å². The van der Waals surface area contributed by atoms with Gasteiger partial charge in [0.2, 0.25) is 0 Å². The van der Waals surface area contributed by atoms with Crippen LogP contribution in [0.1, 0.15) is 19.1 Å². The SMILES string of the molecule is Nc1ccn(C2CCC(OCP(=O)(O)O)O2)c(=O)n1.[NH4+]. The summed E-state index contributed by atoms with van der Waals surface area (Å²) in [6.07, 6.45) is 0.350. The number of rotatable bonds is 4. The van der Waals surface area contributed by atoms with E-state index in [2.05, 4.69) is 4.98 Å². The van der Waals surface area contributed by atoms with E-state index in [0.717, 1.165) is 0 Å². The zero-order chi connectivity index (χ0) is 14.0. The van der Waals surface area contributed by atoms with Gasteiger partial charge in [-0.05, 0) is 12.5 Å². The number of anilines is 1. The Hall–Kier alpha value is -1.29.